The first-order valence-electron chi connectivity index (χ1n) is 11.0. The van der Waals surface area contributed by atoms with Crippen molar-refractivity contribution in [1.29, 1.82) is 0 Å². The number of nitrogens with zero attached hydrogens (tertiary/aromatic N) is 4. The molecule has 1 aromatic carbocycles. The van der Waals surface area contributed by atoms with E-state index in [9.17, 15) is 9.18 Å². The van der Waals surface area contributed by atoms with Crippen LogP contribution in [0.25, 0.3) is 0 Å². The Balaban J connectivity index is 1.60. The number of ether oxygens (including phenoxy) is 1. The van der Waals surface area contributed by atoms with E-state index in [1.54, 1.807) is 11.3 Å². The topological polar surface area (TPSA) is 58.6 Å². The zero-order valence-electron chi connectivity index (χ0n) is 18.8. The van der Waals surface area contributed by atoms with Gasteiger partial charge < -0.3 is 9.64 Å². The third kappa shape index (κ3) is 5.06. The number of carbonyl (C=O) groups excluding carboxylic acids is 1. The van der Waals surface area contributed by atoms with Crippen molar-refractivity contribution < 1.29 is 13.9 Å². The SMILES string of the molecule is C[C@@H]1CN(C(=O)OC(C)(C)C)[C@@H](C)CN1C(c1ccc(F)cc1)c1nnc(C2CC2)s1. The molecule has 8 heteroatoms. The van der Waals surface area contributed by atoms with Crippen molar-refractivity contribution in [2.45, 2.75) is 77.1 Å². The fourth-order valence-corrected chi connectivity index (χ4v) is 5.22. The Hall–Kier alpha value is -2.06. The number of carbonyl (C=O) groups is 1. The van der Waals surface area contributed by atoms with Gasteiger partial charge >= 0.3 is 6.09 Å². The fraction of sp³-hybridized carbons (Fsp3) is 0.609. The second-order valence-electron chi connectivity index (χ2n) is 9.73. The summed E-state index contributed by atoms with van der Waals surface area (Å²) in [5.41, 5.74) is 0.462. The lowest BCUT2D eigenvalue weighted by atomic mass is 10.00. The molecular formula is C23H31FN4O2S. The first kappa shape index (κ1) is 22.1. The quantitative estimate of drug-likeness (QED) is 0.663. The molecule has 6 nitrogen and oxygen atoms in total. The van der Waals surface area contributed by atoms with Gasteiger partial charge in [0.2, 0.25) is 0 Å². The highest BCUT2D eigenvalue weighted by Crippen LogP contribution is 2.43. The van der Waals surface area contributed by atoms with Crippen LogP contribution in [0.1, 0.15) is 75.0 Å². The smallest absolute Gasteiger partial charge is 0.410 e. The third-order valence-corrected chi connectivity index (χ3v) is 6.93. The van der Waals surface area contributed by atoms with E-state index in [2.05, 4.69) is 22.0 Å². The number of amides is 1. The summed E-state index contributed by atoms with van der Waals surface area (Å²) in [6.07, 6.45) is 2.08. The van der Waals surface area contributed by atoms with E-state index < -0.39 is 5.60 Å². The van der Waals surface area contributed by atoms with E-state index in [-0.39, 0.29) is 30.0 Å². The monoisotopic (exact) mass is 446 g/mol. The molecule has 1 saturated heterocycles. The maximum absolute atomic E-state index is 13.6. The zero-order valence-corrected chi connectivity index (χ0v) is 19.7. The van der Waals surface area contributed by atoms with Crippen LogP contribution in [0.15, 0.2) is 24.3 Å². The molecule has 31 heavy (non-hydrogen) atoms. The average molecular weight is 447 g/mol. The van der Waals surface area contributed by atoms with E-state index in [0.29, 0.717) is 19.0 Å². The van der Waals surface area contributed by atoms with Crippen LogP contribution >= 0.6 is 11.3 Å². The number of hydrogen-bond acceptors (Lipinski definition) is 6. The van der Waals surface area contributed by atoms with Gasteiger partial charge in [-0.15, -0.1) is 10.2 Å². The van der Waals surface area contributed by atoms with Crippen LogP contribution in [0.5, 0.6) is 0 Å². The van der Waals surface area contributed by atoms with E-state index in [1.165, 1.54) is 25.0 Å². The Bertz CT molecular complexity index is 922. The summed E-state index contributed by atoms with van der Waals surface area (Å²) in [6.45, 7) is 11.0. The molecule has 168 valence electrons. The van der Waals surface area contributed by atoms with Gasteiger partial charge in [-0.1, -0.05) is 23.5 Å². The fourth-order valence-electron chi connectivity index (χ4n) is 4.06. The summed E-state index contributed by atoms with van der Waals surface area (Å²) < 4.78 is 19.2. The first-order chi connectivity index (χ1) is 14.6. The molecule has 1 aromatic heterocycles. The van der Waals surface area contributed by atoms with Crippen LogP contribution < -0.4 is 0 Å². The van der Waals surface area contributed by atoms with Crippen LogP contribution in [0.4, 0.5) is 9.18 Å². The number of hydrogen-bond donors (Lipinski definition) is 0. The molecular weight excluding hydrogens is 415 g/mol. The Kier molecular flexibility index (Phi) is 6.05. The van der Waals surface area contributed by atoms with Gasteiger partial charge in [0, 0.05) is 31.1 Å². The molecule has 0 spiro atoms. The summed E-state index contributed by atoms with van der Waals surface area (Å²) in [6, 6.07) is 6.58. The van der Waals surface area contributed by atoms with Crippen LogP contribution in [0.3, 0.4) is 0 Å². The van der Waals surface area contributed by atoms with Gasteiger partial charge in [-0.3, -0.25) is 4.90 Å². The van der Waals surface area contributed by atoms with Gasteiger partial charge in [0.25, 0.3) is 0 Å². The molecule has 1 aliphatic heterocycles. The lowest BCUT2D eigenvalue weighted by Gasteiger charge is -2.46. The van der Waals surface area contributed by atoms with Crippen molar-refractivity contribution >= 4 is 17.4 Å². The molecule has 1 saturated carbocycles. The Morgan fingerprint density at radius 1 is 1.13 bits per heavy atom. The Labute approximate surface area is 187 Å². The van der Waals surface area contributed by atoms with Crippen molar-refractivity contribution in [3.63, 3.8) is 0 Å². The highest BCUT2D eigenvalue weighted by Gasteiger charge is 2.40. The van der Waals surface area contributed by atoms with Crippen LogP contribution in [0.2, 0.25) is 0 Å². The molecule has 4 rings (SSSR count). The molecule has 3 atom stereocenters. The number of benzene rings is 1. The molecule has 2 heterocycles. The minimum Gasteiger partial charge on any atom is -0.444 e. The second kappa shape index (κ2) is 8.47. The molecule has 2 fully saturated rings. The van der Waals surface area contributed by atoms with E-state index >= 15 is 0 Å². The van der Waals surface area contributed by atoms with Gasteiger partial charge in [0.05, 0.1) is 6.04 Å². The summed E-state index contributed by atoms with van der Waals surface area (Å²) in [5.74, 6) is 0.287. The molecule has 1 aliphatic carbocycles. The summed E-state index contributed by atoms with van der Waals surface area (Å²) in [4.78, 5) is 16.9. The molecule has 2 aliphatic rings. The lowest BCUT2D eigenvalue weighted by Crippen LogP contribution is -2.59. The number of aromatic nitrogens is 2. The lowest BCUT2D eigenvalue weighted by molar-refractivity contribution is -0.0164. The minimum absolute atomic E-state index is 0.0233. The molecule has 1 amide bonds. The molecule has 0 radical (unpaired) electrons. The number of piperazine rings is 1. The summed E-state index contributed by atoms with van der Waals surface area (Å²) in [5, 5.41) is 11.0. The number of halogens is 1. The maximum atomic E-state index is 13.6. The van der Waals surface area contributed by atoms with Crippen molar-refractivity contribution in [2.75, 3.05) is 13.1 Å². The van der Waals surface area contributed by atoms with Gasteiger partial charge in [-0.05, 0) is 65.2 Å². The third-order valence-electron chi connectivity index (χ3n) is 5.80. The normalized spacial score (nSPS) is 23.6. The van der Waals surface area contributed by atoms with E-state index in [1.807, 2.05) is 44.7 Å². The van der Waals surface area contributed by atoms with Crippen LogP contribution in [0, 0.1) is 5.82 Å². The molecule has 0 N–H and O–H groups in total. The Morgan fingerprint density at radius 3 is 2.42 bits per heavy atom. The zero-order chi connectivity index (χ0) is 22.3. The predicted octanol–water partition coefficient (Wildman–Crippen LogP) is 4.97. The number of rotatable bonds is 4. The van der Waals surface area contributed by atoms with Gasteiger partial charge in [-0.2, -0.15) is 0 Å². The van der Waals surface area contributed by atoms with Crippen LogP contribution in [-0.2, 0) is 4.74 Å². The van der Waals surface area contributed by atoms with Gasteiger partial charge in [0.15, 0.2) is 0 Å². The van der Waals surface area contributed by atoms with Gasteiger partial charge in [0.1, 0.15) is 21.4 Å². The first-order valence-corrected chi connectivity index (χ1v) is 11.8. The largest absolute Gasteiger partial charge is 0.444 e. The van der Waals surface area contributed by atoms with E-state index in [0.717, 1.165) is 15.6 Å². The average Bonchev–Trinajstić information content (AvgIpc) is 3.43. The second-order valence-corrected chi connectivity index (χ2v) is 10.8. The van der Waals surface area contributed by atoms with Crippen LogP contribution in [-0.4, -0.2) is 56.9 Å². The standard InChI is InChI=1S/C23H31FN4O2S/c1-14-13-28(22(29)30-23(3,4)5)15(2)12-27(14)19(16-8-10-18(24)11-9-16)21-26-25-20(31-21)17-6-7-17/h8-11,14-15,17,19H,6-7,12-13H2,1-5H3/t14-,15+,19?/m1/s1. The highest BCUT2D eigenvalue weighted by molar-refractivity contribution is 7.11. The van der Waals surface area contributed by atoms with Crippen molar-refractivity contribution in [1.82, 2.24) is 20.0 Å². The molecule has 2 aromatic rings. The minimum atomic E-state index is -0.528. The Morgan fingerprint density at radius 2 is 1.81 bits per heavy atom. The van der Waals surface area contributed by atoms with Crippen molar-refractivity contribution in [3.05, 3.63) is 45.7 Å². The van der Waals surface area contributed by atoms with Crippen molar-refractivity contribution in [2.24, 2.45) is 0 Å². The predicted molar refractivity (Wildman–Crippen MR) is 119 cm³/mol. The highest BCUT2D eigenvalue weighted by atomic mass is 32.1. The van der Waals surface area contributed by atoms with Gasteiger partial charge in [-0.25, -0.2) is 9.18 Å². The van der Waals surface area contributed by atoms with Crippen molar-refractivity contribution in [3.8, 4) is 0 Å². The summed E-state index contributed by atoms with van der Waals surface area (Å²) in [7, 11) is 0. The molecule has 1 unspecified atom stereocenters. The summed E-state index contributed by atoms with van der Waals surface area (Å²) >= 11 is 1.66. The molecule has 0 bridgehead atoms. The maximum Gasteiger partial charge on any atom is 0.410 e. The van der Waals surface area contributed by atoms with E-state index in [4.69, 9.17) is 4.74 Å².